The van der Waals surface area contributed by atoms with Gasteiger partial charge in [-0.2, -0.15) is 5.10 Å². The molecule has 3 amide bonds. The van der Waals surface area contributed by atoms with Crippen LogP contribution in [-0.4, -0.2) is 73.9 Å². The Kier molecular flexibility index (Phi) is 8.75. The number of carbonyl (C=O) groups excluding carboxylic acids is 3. The van der Waals surface area contributed by atoms with E-state index in [1.807, 2.05) is 17.0 Å². The number of rotatable bonds is 7. The van der Waals surface area contributed by atoms with Crippen molar-refractivity contribution < 1.29 is 22.8 Å². The van der Waals surface area contributed by atoms with Crippen molar-refractivity contribution in [3.05, 3.63) is 42.5 Å². The van der Waals surface area contributed by atoms with E-state index in [-0.39, 0.29) is 23.2 Å². The van der Waals surface area contributed by atoms with Crippen LogP contribution in [0.15, 0.2) is 52.5 Å². The summed E-state index contributed by atoms with van der Waals surface area (Å²) in [6.07, 6.45) is 2.91. The van der Waals surface area contributed by atoms with Crippen molar-refractivity contribution >= 4 is 57.3 Å². The monoisotopic (exact) mass is 536 g/mol. The second kappa shape index (κ2) is 11.6. The zero-order valence-electron chi connectivity index (χ0n) is 19.5. The first-order valence-corrected chi connectivity index (χ1v) is 12.8. The molecule has 2 aliphatic heterocycles. The summed E-state index contributed by atoms with van der Waals surface area (Å²) in [7, 11) is -4.37. The van der Waals surface area contributed by atoms with Crippen LogP contribution >= 0.6 is 12.4 Å². The van der Waals surface area contributed by atoms with Crippen LogP contribution in [0.3, 0.4) is 0 Å². The van der Waals surface area contributed by atoms with E-state index in [1.54, 1.807) is 24.5 Å². The second-order valence-electron chi connectivity index (χ2n) is 8.71. The standard InChI is InChI=1S/C23H28N6O5S.ClH/c24-27-15-28-9-3-4-16(14-28)12-25-21(30)11-20-23(32)26-13-22(31)29(20)35(33,34)19-8-7-17-5-1-2-6-18(17)10-19;/h1-2,5-8,10,15-16,20H,3-4,9,11-14,24H2,(H,25,30)(H,26,32);1H/t16-,20-;/m0./s1. The number of hydrazone groups is 1. The van der Waals surface area contributed by atoms with Crippen molar-refractivity contribution in [2.24, 2.45) is 16.9 Å². The molecule has 2 heterocycles. The summed E-state index contributed by atoms with van der Waals surface area (Å²) < 4.78 is 27.4. The number of sulfonamides is 1. The Hall–Kier alpha value is -3.38. The Morgan fingerprint density at radius 2 is 1.94 bits per heavy atom. The molecule has 0 bridgehead atoms. The van der Waals surface area contributed by atoms with Gasteiger partial charge >= 0.3 is 0 Å². The molecule has 2 aromatic rings. The lowest BCUT2D eigenvalue weighted by Gasteiger charge is -2.34. The first kappa shape index (κ1) is 27.2. The summed E-state index contributed by atoms with van der Waals surface area (Å²) in [4.78, 5) is 39.9. The van der Waals surface area contributed by atoms with Gasteiger partial charge in [-0.15, -0.1) is 12.4 Å². The van der Waals surface area contributed by atoms with Crippen molar-refractivity contribution in [3.8, 4) is 0 Å². The minimum Gasteiger partial charge on any atom is -0.361 e. The van der Waals surface area contributed by atoms with Crippen LogP contribution in [-0.2, 0) is 24.4 Å². The van der Waals surface area contributed by atoms with Crippen LogP contribution in [0.5, 0.6) is 0 Å². The lowest BCUT2D eigenvalue weighted by Crippen LogP contribution is -2.61. The number of amides is 3. The van der Waals surface area contributed by atoms with E-state index >= 15 is 0 Å². The van der Waals surface area contributed by atoms with Crippen molar-refractivity contribution in [3.63, 3.8) is 0 Å². The number of piperidine rings is 1. The number of fused-ring (bicyclic) bond motifs is 1. The number of hydrogen-bond acceptors (Lipinski definition) is 7. The Morgan fingerprint density at radius 3 is 2.69 bits per heavy atom. The lowest BCUT2D eigenvalue weighted by molar-refractivity contribution is -0.141. The van der Waals surface area contributed by atoms with Gasteiger partial charge in [0.25, 0.3) is 15.9 Å². The molecule has 2 aromatic carbocycles. The molecule has 2 fully saturated rings. The molecule has 2 saturated heterocycles. The molecule has 0 spiro atoms. The third-order valence-corrected chi connectivity index (χ3v) is 8.10. The predicted molar refractivity (Wildman–Crippen MR) is 137 cm³/mol. The highest BCUT2D eigenvalue weighted by Crippen LogP contribution is 2.26. The molecule has 194 valence electrons. The van der Waals surface area contributed by atoms with Crippen LogP contribution in [0.4, 0.5) is 0 Å². The Morgan fingerprint density at radius 1 is 1.19 bits per heavy atom. The normalized spacial score (nSPS) is 20.8. The van der Waals surface area contributed by atoms with E-state index in [4.69, 9.17) is 5.84 Å². The Labute approximate surface area is 215 Å². The zero-order valence-corrected chi connectivity index (χ0v) is 21.1. The Bertz CT molecular complexity index is 1270. The SMILES string of the molecule is Cl.NN=CN1CCC[C@@H](CNC(=O)C[C@H]2C(=O)NCC(=O)N2S(=O)(=O)c2ccc3ccccc3c2)C1. The molecule has 4 rings (SSSR count). The molecule has 0 aliphatic carbocycles. The van der Waals surface area contributed by atoms with E-state index in [1.165, 1.54) is 12.1 Å². The smallest absolute Gasteiger partial charge is 0.267 e. The molecular weight excluding hydrogens is 508 g/mol. The van der Waals surface area contributed by atoms with Crippen LogP contribution in [0.25, 0.3) is 10.8 Å². The summed E-state index contributed by atoms with van der Waals surface area (Å²) in [6.45, 7) is 1.40. The van der Waals surface area contributed by atoms with Gasteiger partial charge in [0.1, 0.15) is 12.4 Å². The summed E-state index contributed by atoms with van der Waals surface area (Å²) in [5, 5.41) is 10.2. The number of hydrogen-bond donors (Lipinski definition) is 3. The van der Waals surface area contributed by atoms with Gasteiger partial charge in [-0.05, 0) is 41.7 Å². The summed E-state index contributed by atoms with van der Waals surface area (Å²) in [5.41, 5.74) is 0. The number of halogens is 1. The average molecular weight is 537 g/mol. The second-order valence-corrected chi connectivity index (χ2v) is 10.5. The van der Waals surface area contributed by atoms with E-state index in [9.17, 15) is 22.8 Å². The molecule has 11 nitrogen and oxygen atoms in total. The minimum absolute atomic E-state index is 0. The number of nitrogens with two attached hydrogens (primary N) is 1. The zero-order chi connectivity index (χ0) is 25.0. The molecule has 36 heavy (non-hydrogen) atoms. The Balaban J connectivity index is 0.00000361. The summed E-state index contributed by atoms with van der Waals surface area (Å²) >= 11 is 0. The van der Waals surface area contributed by atoms with Gasteiger partial charge < -0.3 is 21.4 Å². The number of nitrogens with one attached hydrogen (secondary N) is 2. The van der Waals surface area contributed by atoms with Gasteiger partial charge in [-0.25, -0.2) is 12.7 Å². The number of piperazine rings is 1. The maximum atomic E-state index is 13.4. The van der Waals surface area contributed by atoms with Gasteiger partial charge in [-0.3, -0.25) is 14.4 Å². The predicted octanol–water partition coefficient (Wildman–Crippen LogP) is 0.398. The first-order valence-electron chi connectivity index (χ1n) is 11.4. The van der Waals surface area contributed by atoms with Crippen molar-refractivity contribution in [1.82, 2.24) is 19.8 Å². The van der Waals surface area contributed by atoms with Crippen molar-refractivity contribution in [1.29, 1.82) is 0 Å². The molecule has 4 N–H and O–H groups in total. The van der Waals surface area contributed by atoms with Gasteiger partial charge in [0.15, 0.2) is 0 Å². The third-order valence-electron chi connectivity index (χ3n) is 6.27. The highest BCUT2D eigenvalue weighted by molar-refractivity contribution is 7.89. The number of benzene rings is 2. The fourth-order valence-electron chi connectivity index (χ4n) is 4.53. The fraction of sp³-hybridized carbons (Fsp3) is 0.391. The number of likely N-dealkylation sites (tertiary alicyclic amines) is 1. The summed E-state index contributed by atoms with van der Waals surface area (Å²) in [6, 6.07) is 10.2. The van der Waals surface area contributed by atoms with Crippen LogP contribution < -0.4 is 16.5 Å². The van der Waals surface area contributed by atoms with Crippen molar-refractivity contribution in [2.45, 2.75) is 30.2 Å². The van der Waals surface area contributed by atoms with Crippen molar-refractivity contribution in [2.75, 3.05) is 26.2 Å². The molecule has 2 aliphatic rings. The van der Waals surface area contributed by atoms with Gasteiger partial charge in [0, 0.05) is 19.6 Å². The van der Waals surface area contributed by atoms with E-state index in [2.05, 4.69) is 15.7 Å². The first-order chi connectivity index (χ1) is 16.8. The number of carbonyl (C=O) groups is 3. The fourth-order valence-corrected chi connectivity index (χ4v) is 6.11. The maximum Gasteiger partial charge on any atom is 0.267 e. The molecule has 0 radical (unpaired) electrons. The van der Waals surface area contributed by atoms with Crippen LogP contribution in [0.1, 0.15) is 19.3 Å². The van der Waals surface area contributed by atoms with E-state index < -0.39 is 46.8 Å². The molecule has 0 aromatic heterocycles. The maximum absolute atomic E-state index is 13.4. The summed E-state index contributed by atoms with van der Waals surface area (Å²) in [5.74, 6) is 3.38. The topological polar surface area (TPSA) is 154 Å². The molecule has 13 heteroatoms. The largest absolute Gasteiger partial charge is 0.361 e. The lowest BCUT2D eigenvalue weighted by atomic mass is 9.98. The van der Waals surface area contributed by atoms with E-state index in [0.717, 1.165) is 24.8 Å². The molecular formula is C23H29ClN6O5S. The molecule has 0 unspecified atom stereocenters. The van der Waals surface area contributed by atoms with E-state index in [0.29, 0.717) is 22.8 Å². The van der Waals surface area contributed by atoms with Crippen LogP contribution in [0, 0.1) is 5.92 Å². The van der Waals surface area contributed by atoms with Crippen LogP contribution in [0.2, 0.25) is 0 Å². The average Bonchev–Trinajstić information content (AvgIpc) is 2.85. The molecule has 0 saturated carbocycles. The molecule has 2 atom stereocenters. The van der Waals surface area contributed by atoms with Gasteiger partial charge in [0.05, 0.1) is 17.9 Å². The minimum atomic E-state index is -4.37. The quantitative estimate of drug-likeness (QED) is 0.200. The highest BCUT2D eigenvalue weighted by Gasteiger charge is 2.43. The third kappa shape index (κ3) is 5.88. The highest BCUT2D eigenvalue weighted by atomic mass is 35.5. The van der Waals surface area contributed by atoms with Gasteiger partial charge in [0.2, 0.25) is 11.8 Å². The number of nitrogens with zero attached hydrogens (tertiary/aromatic N) is 3. The van der Waals surface area contributed by atoms with Gasteiger partial charge in [-0.1, -0.05) is 30.3 Å².